The second-order valence-corrected chi connectivity index (χ2v) is 5.80. The van der Waals surface area contributed by atoms with Gasteiger partial charge >= 0.3 is 5.97 Å². The summed E-state index contributed by atoms with van der Waals surface area (Å²) in [4.78, 5) is 37.2. The highest BCUT2D eigenvalue weighted by Crippen LogP contribution is 2.52. The lowest BCUT2D eigenvalue weighted by molar-refractivity contribution is -0.155. The molecule has 3 aliphatic rings. The summed E-state index contributed by atoms with van der Waals surface area (Å²) in [5.74, 6) is -1.05. The van der Waals surface area contributed by atoms with Crippen molar-refractivity contribution in [2.24, 2.45) is 23.7 Å². The molecule has 2 amide bonds. The molecule has 5 heteroatoms. The highest BCUT2D eigenvalue weighted by molar-refractivity contribution is 6.08. The number of fused-ring (bicyclic) bond motifs is 5. The smallest absolute Gasteiger partial charge is 0.326 e. The van der Waals surface area contributed by atoms with Crippen molar-refractivity contribution in [3.05, 3.63) is 12.2 Å². The molecule has 1 aliphatic heterocycles. The molecule has 0 aromatic heterocycles. The minimum absolute atomic E-state index is 0.178. The van der Waals surface area contributed by atoms with E-state index in [0.29, 0.717) is 0 Å². The van der Waals surface area contributed by atoms with E-state index in [4.69, 9.17) is 4.74 Å². The SMILES string of the molecule is CC(C)OC(=O)CN1C(=O)[C@H]2[C@H](C1=O)[C@H]1C=C[C@H]2C1. The van der Waals surface area contributed by atoms with E-state index in [9.17, 15) is 14.4 Å². The van der Waals surface area contributed by atoms with Crippen LogP contribution in [-0.4, -0.2) is 35.3 Å². The summed E-state index contributed by atoms with van der Waals surface area (Å²) in [7, 11) is 0. The van der Waals surface area contributed by atoms with Gasteiger partial charge in [-0.1, -0.05) is 12.2 Å². The van der Waals surface area contributed by atoms with E-state index in [1.807, 2.05) is 12.2 Å². The molecule has 0 spiro atoms. The van der Waals surface area contributed by atoms with Gasteiger partial charge in [0.1, 0.15) is 6.54 Å². The lowest BCUT2D eigenvalue weighted by atomic mass is 9.85. The molecular formula is C14H17NO4. The van der Waals surface area contributed by atoms with E-state index in [1.54, 1.807) is 13.8 Å². The number of carbonyl (C=O) groups excluding carboxylic acids is 3. The van der Waals surface area contributed by atoms with E-state index in [0.717, 1.165) is 11.3 Å². The van der Waals surface area contributed by atoms with Crippen molar-refractivity contribution in [2.75, 3.05) is 6.54 Å². The molecule has 5 nitrogen and oxygen atoms in total. The minimum atomic E-state index is -0.517. The Kier molecular flexibility index (Phi) is 2.73. The third-order valence-electron chi connectivity index (χ3n) is 4.22. The third-order valence-corrected chi connectivity index (χ3v) is 4.22. The zero-order valence-corrected chi connectivity index (χ0v) is 11.0. The van der Waals surface area contributed by atoms with Gasteiger partial charge in [0.2, 0.25) is 11.8 Å². The molecule has 1 heterocycles. The maximum Gasteiger partial charge on any atom is 0.326 e. The van der Waals surface area contributed by atoms with Crippen LogP contribution in [0.1, 0.15) is 20.3 Å². The first-order valence-electron chi connectivity index (χ1n) is 6.72. The van der Waals surface area contributed by atoms with E-state index in [-0.39, 0.29) is 48.1 Å². The predicted octanol–water partition coefficient (Wildman–Crippen LogP) is 0.745. The Bertz CT molecular complexity index is 452. The van der Waals surface area contributed by atoms with Gasteiger partial charge in [0.15, 0.2) is 0 Å². The molecule has 1 saturated carbocycles. The molecule has 102 valence electrons. The van der Waals surface area contributed by atoms with Gasteiger partial charge in [-0.05, 0) is 32.1 Å². The Morgan fingerprint density at radius 1 is 1.26 bits per heavy atom. The van der Waals surface area contributed by atoms with Crippen LogP contribution in [0.25, 0.3) is 0 Å². The van der Waals surface area contributed by atoms with Crippen LogP contribution in [0.3, 0.4) is 0 Å². The monoisotopic (exact) mass is 263 g/mol. The summed E-state index contributed by atoms with van der Waals surface area (Å²) in [5, 5.41) is 0. The van der Waals surface area contributed by atoms with Gasteiger partial charge in [0.05, 0.1) is 17.9 Å². The van der Waals surface area contributed by atoms with Crippen LogP contribution in [0.4, 0.5) is 0 Å². The fourth-order valence-electron chi connectivity index (χ4n) is 3.55. The molecule has 19 heavy (non-hydrogen) atoms. The van der Waals surface area contributed by atoms with Gasteiger partial charge in [-0.15, -0.1) is 0 Å². The first-order chi connectivity index (χ1) is 8.99. The largest absolute Gasteiger partial charge is 0.462 e. The van der Waals surface area contributed by atoms with E-state index >= 15 is 0 Å². The van der Waals surface area contributed by atoms with Crippen LogP contribution in [0.15, 0.2) is 12.2 Å². The normalized spacial score (nSPS) is 35.4. The van der Waals surface area contributed by atoms with Gasteiger partial charge in [0, 0.05) is 0 Å². The van der Waals surface area contributed by atoms with Crippen molar-refractivity contribution in [1.82, 2.24) is 4.90 Å². The first kappa shape index (κ1) is 12.4. The Labute approximate surface area is 111 Å². The van der Waals surface area contributed by atoms with Crippen molar-refractivity contribution >= 4 is 17.8 Å². The number of likely N-dealkylation sites (tertiary alicyclic amines) is 1. The third kappa shape index (κ3) is 1.79. The molecule has 2 aliphatic carbocycles. The molecule has 2 fully saturated rings. The summed E-state index contributed by atoms with van der Waals surface area (Å²) in [5.41, 5.74) is 0. The van der Waals surface area contributed by atoms with Crippen LogP contribution in [0, 0.1) is 23.7 Å². The average Bonchev–Trinajstić information content (AvgIpc) is 2.97. The van der Waals surface area contributed by atoms with Crippen LogP contribution < -0.4 is 0 Å². The number of rotatable bonds is 3. The second-order valence-electron chi connectivity index (χ2n) is 5.80. The summed E-state index contributed by atoms with van der Waals surface area (Å²) >= 11 is 0. The Balaban J connectivity index is 1.74. The number of ether oxygens (including phenoxy) is 1. The summed E-state index contributed by atoms with van der Waals surface area (Å²) in [6, 6.07) is 0. The molecule has 0 N–H and O–H groups in total. The van der Waals surface area contributed by atoms with Gasteiger partial charge in [-0.25, -0.2) is 0 Å². The standard InChI is InChI=1S/C14H17NO4/c1-7(2)19-10(16)6-15-13(17)11-8-3-4-9(5-8)12(11)14(15)18/h3-4,7-9,11-12H,5-6H2,1-2H3/t8-,9-,11+,12+/m0/s1. The van der Waals surface area contributed by atoms with Crippen LogP contribution in [0.5, 0.6) is 0 Å². The van der Waals surface area contributed by atoms with Gasteiger partial charge in [0.25, 0.3) is 0 Å². The minimum Gasteiger partial charge on any atom is -0.462 e. The molecule has 4 atom stereocenters. The average molecular weight is 263 g/mol. The van der Waals surface area contributed by atoms with Crippen molar-refractivity contribution in [3.63, 3.8) is 0 Å². The second kappa shape index (κ2) is 4.18. The molecule has 2 bridgehead atoms. The molecule has 3 rings (SSSR count). The Morgan fingerprint density at radius 3 is 2.26 bits per heavy atom. The van der Waals surface area contributed by atoms with E-state index < -0.39 is 5.97 Å². The van der Waals surface area contributed by atoms with Crippen molar-refractivity contribution in [3.8, 4) is 0 Å². The maximum absolute atomic E-state index is 12.3. The van der Waals surface area contributed by atoms with Crippen LogP contribution >= 0.6 is 0 Å². The molecule has 0 aromatic carbocycles. The number of nitrogens with zero attached hydrogens (tertiary/aromatic N) is 1. The molecule has 0 unspecified atom stereocenters. The lowest BCUT2D eigenvalue weighted by Crippen LogP contribution is -2.38. The number of amides is 2. The predicted molar refractivity (Wildman–Crippen MR) is 65.7 cm³/mol. The topological polar surface area (TPSA) is 63.7 Å². The molecular weight excluding hydrogens is 246 g/mol. The zero-order valence-electron chi connectivity index (χ0n) is 11.0. The fourth-order valence-corrected chi connectivity index (χ4v) is 3.55. The van der Waals surface area contributed by atoms with Gasteiger partial charge in [-0.2, -0.15) is 0 Å². The quantitative estimate of drug-likeness (QED) is 0.428. The number of carbonyl (C=O) groups is 3. The number of allylic oxidation sites excluding steroid dienone is 2. The van der Waals surface area contributed by atoms with E-state index in [1.165, 1.54) is 0 Å². The summed E-state index contributed by atoms with van der Waals surface area (Å²) < 4.78 is 5.00. The van der Waals surface area contributed by atoms with Crippen LogP contribution in [0.2, 0.25) is 0 Å². The lowest BCUT2D eigenvalue weighted by Gasteiger charge is -2.17. The first-order valence-corrected chi connectivity index (χ1v) is 6.72. The number of esters is 1. The number of hydrogen-bond donors (Lipinski definition) is 0. The number of imide groups is 1. The number of hydrogen-bond acceptors (Lipinski definition) is 4. The van der Waals surface area contributed by atoms with Gasteiger partial charge in [-0.3, -0.25) is 19.3 Å². The molecule has 1 saturated heterocycles. The Hall–Kier alpha value is -1.65. The fraction of sp³-hybridized carbons (Fsp3) is 0.643. The van der Waals surface area contributed by atoms with Crippen LogP contribution in [-0.2, 0) is 19.1 Å². The van der Waals surface area contributed by atoms with Crippen molar-refractivity contribution in [2.45, 2.75) is 26.4 Å². The molecule has 0 aromatic rings. The highest BCUT2D eigenvalue weighted by Gasteiger charge is 2.59. The van der Waals surface area contributed by atoms with Gasteiger partial charge < -0.3 is 4.74 Å². The zero-order chi connectivity index (χ0) is 13.7. The molecule has 0 radical (unpaired) electrons. The summed E-state index contributed by atoms with van der Waals surface area (Å²) in [6.07, 6.45) is 4.73. The van der Waals surface area contributed by atoms with Crippen molar-refractivity contribution < 1.29 is 19.1 Å². The summed E-state index contributed by atoms with van der Waals surface area (Å²) in [6.45, 7) is 3.23. The Morgan fingerprint density at radius 2 is 1.79 bits per heavy atom. The van der Waals surface area contributed by atoms with E-state index in [2.05, 4.69) is 0 Å². The van der Waals surface area contributed by atoms with Crippen molar-refractivity contribution in [1.29, 1.82) is 0 Å². The maximum atomic E-state index is 12.3. The highest BCUT2D eigenvalue weighted by atomic mass is 16.5.